The Morgan fingerprint density at radius 3 is 2.17 bits per heavy atom. The fraction of sp³-hybridized carbons (Fsp3) is 1.00. The van der Waals surface area contributed by atoms with Gasteiger partial charge in [-0.1, -0.05) is 37.9 Å². The summed E-state index contributed by atoms with van der Waals surface area (Å²) in [7, 11) is 8.18. The van der Waals surface area contributed by atoms with Gasteiger partial charge in [-0.25, -0.2) is 0 Å². The van der Waals surface area contributed by atoms with Crippen LogP contribution in [0.4, 0.5) is 0 Å². The van der Waals surface area contributed by atoms with Crippen molar-refractivity contribution in [2.75, 3.05) is 7.05 Å². The number of nitrogens with one attached hydrogen (secondary N) is 1. The van der Waals surface area contributed by atoms with Gasteiger partial charge < -0.3 is 5.32 Å². The van der Waals surface area contributed by atoms with Crippen LogP contribution in [0.15, 0.2) is 0 Å². The highest BCUT2D eigenvalue weighted by molar-refractivity contribution is 6.14. The lowest BCUT2D eigenvalue weighted by molar-refractivity contribution is 0.365. The Morgan fingerprint density at radius 2 is 1.75 bits per heavy atom. The third-order valence-electron chi connectivity index (χ3n) is 3.01. The Hall–Kier alpha value is 0.0249. The smallest absolute Gasteiger partial charge is 0.0742 e. The van der Waals surface area contributed by atoms with E-state index in [0.29, 0.717) is 0 Å². The zero-order chi connectivity index (χ0) is 9.03. The topological polar surface area (TPSA) is 12.0 Å². The zero-order valence-electron chi connectivity index (χ0n) is 8.40. The molecule has 0 amide bonds. The van der Waals surface area contributed by atoms with Gasteiger partial charge in [-0.05, 0) is 19.9 Å². The molecule has 2 heteroatoms. The van der Waals surface area contributed by atoms with Crippen LogP contribution >= 0.6 is 0 Å². The average molecular weight is 165 g/mol. The van der Waals surface area contributed by atoms with Gasteiger partial charge in [0.1, 0.15) is 0 Å². The molecule has 0 heterocycles. The van der Waals surface area contributed by atoms with E-state index in [0.717, 1.165) is 6.04 Å². The van der Waals surface area contributed by atoms with Gasteiger partial charge >= 0.3 is 0 Å². The maximum absolute atomic E-state index is 6.11. The van der Waals surface area contributed by atoms with Crippen molar-refractivity contribution in [3.8, 4) is 0 Å². The van der Waals surface area contributed by atoms with Gasteiger partial charge in [-0.2, -0.15) is 0 Å². The van der Waals surface area contributed by atoms with Crippen LogP contribution in [0.3, 0.4) is 0 Å². The Labute approximate surface area is 77.7 Å². The summed E-state index contributed by atoms with van der Waals surface area (Å²) in [5, 5.41) is 3.47. The SMILES string of the molecule is [B]C1(C)CCCC(NC)CCC1. The van der Waals surface area contributed by atoms with Crippen molar-refractivity contribution >= 4 is 7.85 Å². The Kier molecular flexibility index (Phi) is 3.63. The van der Waals surface area contributed by atoms with Gasteiger partial charge in [0, 0.05) is 6.04 Å². The first-order valence-electron chi connectivity index (χ1n) is 5.10. The lowest BCUT2D eigenvalue weighted by Gasteiger charge is -2.30. The summed E-state index contributed by atoms with van der Waals surface area (Å²) in [6.07, 6.45) is 7.51. The first-order valence-corrected chi connectivity index (χ1v) is 5.10. The second-order valence-corrected chi connectivity index (χ2v) is 4.42. The predicted molar refractivity (Wildman–Crippen MR) is 54.7 cm³/mol. The summed E-state index contributed by atoms with van der Waals surface area (Å²) in [5.41, 5.74) is 0. The van der Waals surface area contributed by atoms with E-state index in [2.05, 4.69) is 19.3 Å². The maximum Gasteiger partial charge on any atom is 0.0742 e. The van der Waals surface area contributed by atoms with E-state index in [1.54, 1.807) is 0 Å². The largest absolute Gasteiger partial charge is 0.317 e. The van der Waals surface area contributed by atoms with E-state index < -0.39 is 0 Å². The van der Waals surface area contributed by atoms with Crippen LogP contribution in [-0.2, 0) is 0 Å². The highest BCUT2D eigenvalue weighted by Gasteiger charge is 2.20. The zero-order valence-corrected chi connectivity index (χ0v) is 8.40. The number of rotatable bonds is 1. The molecule has 1 rings (SSSR count). The van der Waals surface area contributed by atoms with Crippen molar-refractivity contribution in [3.63, 3.8) is 0 Å². The third kappa shape index (κ3) is 3.18. The van der Waals surface area contributed by atoms with Gasteiger partial charge in [0.05, 0.1) is 7.85 Å². The third-order valence-corrected chi connectivity index (χ3v) is 3.01. The normalized spacial score (nSPS) is 38.7. The van der Waals surface area contributed by atoms with Gasteiger partial charge in [-0.3, -0.25) is 0 Å². The second-order valence-electron chi connectivity index (χ2n) is 4.42. The molecule has 0 atom stereocenters. The van der Waals surface area contributed by atoms with Crippen molar-refractivity contribution < 1.29 is 0 Å². The molecule has 1 nitrogen and oxygen atoms in total. The molecule has 0 bridgehead atoms. The molecule has 0 aliphatic heterocycles. The van der Waals surface area contributed by atoms with E-state index in [1.165, 1.54) is 38.5 Å². The monoisotopic (exact) mass is 165 g/mol. The van der Waals surface area contributed by atoms with Crippen molar-refractivity contribution in [1.82, 2.24) is 5.32 Å². The van der Waals surface area contributed by atoms with E-state index in [1.807, 2.05) is 0 Å². The van der Waals surface area contributed by atoms with Crippen molar-refractivity contribution in [2.24, 2.45) is 0 Å². The average Bonchev–Trinajstić information content (AvgIpc) is 1.97. The fourth-order valence-corrected chi connectivity index (χ4v) is 2.06. The van der Waals surface area contributed by atoms with Crippen LogP contribution in [0.2, 0.25) is 5.31 Å². The molecular weight excluding hydrogens is 145 g/mol. The number of hydrogen-bond acceptors (Lipinski definition) is 1. The molecule has 1 aliphatic carbocycles. The molecular formula is C10H20BN. The summed E-state index contributed by atoms with van der Waals surface area (Å²) >= 11 is 0. The van der Waals surface area contributed by atoms with Crippen LogP contribution < -0.4 is 5.32 Å². The van der Waals surface area contributed by atoms with E-state index in [9.17, 15) is 0 Å². The molecule has 68 valence electrons. The van der Waals surface area contributed by atoms with Crippen LogP contribution in [0.1, 0.15) is 45.4 Å². The van der Waals surface area contributed by atoms with E-state index in [4.69, 9.17) is 7.85 Å². The lowest BCUT2D eigenvalue weighted by atomic mass is 9.63. The fourth-order valence-electron chi connectivity index (χ4n) is 2.06. The van der Waals surface area contributed by atoms with Crippen LogP contribution in [0.25, 0.3) is 0 Å². The minimum atomic E-state index is 0.110. The molecule has 2 radical (unpaired) electrons. The summed E-state index contributed by atoms with van der Waals surface area (Å²) in [6, 6.07) is 0.737. The van der Waals surface area contributed by atoms with Crippen LogP contribution in [0.5, 0.6) is 0 Å². The summed E-state index contributed by atoms with van der Waals surface area (Å²) in [6.45, 7) is 2.19. The summed E-state index contributed by atoms with van der Waals surface area (Å²) < 4.78 is 0. The van der Waals surface area contributed by atoms with Crippen molar-refractivity contribution in [1.29, 1.82) is 0 Å². The highest BCUT2D eigenvalue weighted by Crippen LogP contribution is 2.36. The van der Waals surface area contributed by atoms with Gasteiger partial charge in [0.25, 0.3) is 0 Å². The van der Waals surface area contributed by atoms with Crippen LogP contribution in [0, 0.1) is 0 Å². The molecule has 0 aromatic heterocycles. The number of hydrogen-bond donors (Lipinski definition) is 1. The first-order chi connectivity index (χ1) is 5.64. The standard InChI is InChI=1S/C10H20BN/c1-10(11)7-3-5-9(12-2)6-4-8-10/h9,12H,3-8H2,1-2H3. The van der Waals surface area contributed by atoms with Crippen LogP contribution in [-0.4, -0.2) is 20.9 Å². The molecule has 0 saturated heterocycles. The van der Waals surface area contributed by atoms with Crippen molar-refractivity contribution in [2.45, 2.75) is 56.8 Å². The molecule has 12 heavy (non-hydrogen) atoms. The lowest BCUT2D eigenvalue weighted by Crippen LogP contribution is -2.27. The quantitative estimate of drug-likeness (QED) is 0.587. The Morgan fingerprint density at radius 1 is 1.25 bits per heavy atom. The maximum atomic E-state index is 6.11. The summed E-state index contributed by atoms with van der Waals surface area (Å²) in [5.74, 6) is 0. The first kappa shape index (κ1) is 10.1. The molecule has 1 saturated carbocycles. The molecule has 1 fully saturated rings. The van der Waals surface area contributed by atoms with E-state index >= 15 is 0 Å². The molecule has 0 aromatic rings. The molecule has 0 unspecified atom stereocenters. The highest BCUT2D eigenvalue weighted by atomic mass is 14.9. The molecule has 1 aliphatic rings. The molecule has 1 N–H and O–H groups in total. The molecule has 0 spiro atoms. The summed E-state index contributed by atoms with van der Waals surface area (Å²) in [4.78, 5) is 0. The minimum Gasteiger partial charge on any atom is -0.317 e. The van der Waals surface area contributed by atoms with Crippen molar-refractivity contribution in [3.05, 3.63) is 0 Å². The Balaban J connectivity index is 2.34. The second kappa shape index (κ2) is 4.31. The molecule has 0 aromatic carbocycles. The van der Waals surface area contributed by atoms with Gasteiger partial charge in [0.15, 0.2) is 0 Å². The van der Waals surface area contributed by atoms with Gasteiger partial charge in [-0.15, -0.1) is 0 Å². The predicted octanol–water partition coefficient (Wildman–Crippen LogP) is 2.28. The van der Waals surface area contributed by atoms with Gasteiger partial charge in [0.2, 0.25) is 0 Å². The van der Waals surface area contributed by atoms with E-state index in [-0.39, 0.29) is 5.31 Å². The minimum absolute atomic E-state index is 0.110. The Bertz CT molecular complexity index is 122.